The summed E-state index contributed by atoms with van der Waals surface area (Å²) in [5, 5.41) is 9.98. The zero-order valence-electron chi connectivity index (χ0n) is 16.0. The van der Waals surface area contributed by atoms with E-state index >= 15 is 0 Å². The molecule has 0 radical (unpaired) electrons. The van der Waals surface area contributed by atoms with Crippen LogP contribution in [-0.2, 0) is 20.8 Å². The van der Waals surface area contributed by atoms with Crippen LogP contribution in [0.25, 0.3) is 11.0 Å². The maximum Gasteiger partial charge on any atom is 0.308 e. The number of hydrogen-bond donors (Lipinski definition) is 1. The minimum Gasteiger partial charge on any atom is -0.497 e. The lowest BCUT2D eigenvalue weighted by atomic mass is 9.98. The summed E-state index contributed by atoms with van der Waals surface area (Å²) in [6, 6.07) is 5.39. The molecule has 8 heteroatoms. The predicted molar refractivity (Wildman–Crippen MR) is 101 cm³/mol. The van der Waals surface area contributed by atoms with Gasteiger partial charge in [-0.1, -0.05) is 0 Å². The number of carboxylic acid groups (broad SMARTS) is 1. The predicted octanol–water partition coefficient (Wildman–Crippen LogP) is 1.77. The Kier molecular flexibility index (Phi) is 5.87. The van der Waals surface area contributed by atoms with Gasteiger partial charge in [0.1, 0.15) is 11.3 Å². The van der Waals surface area contributed by atoms with E-state index in [-0.39, 0.29) is 31.3 Å². The van der Waals surface area contributed by atoms with Crippen molar-refractivity contribution in [3.05, 3.63) is 30.0 Å². The maximum atomic E-state index is 12.6. The first kappa shape index (κ1) is 19.7. The highest BCUT2D eigenvalue weighted by atomic mass is 16.5. The first-order valence-corrected chi connectivity index (χ1v) is 9.17. The van der Waals surface area contributed by atoms with Crippen molar-refractivity contribution < 1.29 is 28.6 Å². The van der Waals surface area contributed by atoms with Gasteiger partial charge in [-0.2, -0.15) is 0 Å². The monoisotopic (exact) mass is 388 g/mol. The third-order valence-corrected chi connectivity index (χ3v) is 5.13. The number of likely N-dealkylation sites (tertiary alicyclic amines) is 1. The second-order valence-corrected chi connectivity index (χ2v) is 7.07. The van der Waals surface area contributed by atoms with Gasteiger partial charge in [0.25, 0.3) is 0 Å². The Bertz CT molecular complexity index is 890. The van der Waals surface area contributed by atoms with Crippen LogP contribution in [-0.4, -0.2) is 66.5 Å². The molecule has 0 saturated carbocycles. The maximum absolute atomic E-state index is 12.6. The lowest BCUT2D eigenvalue weighted by Crippen LogP contribution is -2.47. The molecule has 2 amide bonds. The summed E-state index contributed by atoms with van der Waals surface area (Å²) in [5.41, 5.74) is 1.37. The molecule has 2 heterocycles. The average Bonchev–Trinajstić information content (AvgIpc) is 3.09. The second-order valence-electron chi connectivity index (χ2n) is 7.07. The molecule has 1 N–H and O–H groups in total. The van der Waals surface area contributed by atoms with E-state index in [1.54, 1.807) is 32.6 Å². The van der Waals surface area contributed by atoms with Crippen LogP contribution in [0.5, 0.6) is 5.75 Å². The molecule has 150 valence electrons. The number of furan rings is 1. The van der Waals surface area contributed by atoms with Gasteiger partial charge in [-0.15, -0.1) is 0 Å². The number of fused-ring (bicyclic) bond motifs is 1. The van der Waals surface area contributed by atoms with E-state index in [0.29, 0.717) is 30.7 Å². The van der Waals surface area contributed by atoms with Crippen molar-refractivity contribution in [3.63, 3.8) is 0 Å². The zero-order chi connectivity index (χ0) is 20.3. The molecule has 1 fully saturated rings. The second kappa shape index (κ2) is 8.33. The van der Waals surface area contributed by atoms with E-state index in [9.17, 15) is 14.4 Å². The number of benzene rings is 1. The van der Waals surface area contributed by atoms with Crippen LogP contribution < -0.4 is 4.74 Å². The highest BCUT2D eigenvalue weighted by Crippen LogP contribution is 2.26. The number of methoxy groups -OCH3 is 1. The summed E-state index contributed by atoms with van der Waals surface area (Å²) < 4.78 is 10.7. The van der Waals surface area contributed by atoms with Gasteiger partial charge in [0.05, 0.1) is 32.3 Å². The fourth-order valence-corrected chi connectivity index (χ4v) is 3.42. The summed E-state index contributed by atoms with van der Waals surface area (Å²) in [4.78, 5) is 39.1. The zero-order valence-corrected chi connectivity index (χ0v) is 16.0. The molecule has 0 aliphatic carbocycles. The first-order valence-electron chi connectivity index (χ1n) is 9.17. The van der Waals surface area contributed by atoms with Gasteiger partial charge in [-0.25, -0.2) is 0 Å². The number of ether oxygens (including phenoxy) is 1. The van der Waals surface area contributed by atoms with E-state index in [1.165, 1.54) is 9.80 Å². The largest absolute Gasteiger partial charge is 0.497 e. The van der Waals surface area contributed by atoms with Crippen LogP contribution >= 0.6 is 0 Å². The third-order valence-electron chi connectivity index (χ3n) is 5.13. The summed E-state index contributed by atoms with van der Waals surface area (Å²) in [7, 11) is 3.14. The Morgan fingerprint density at radius 2 is 2.14 bits per heavy atom. The molecule has 1 aromatic heterocycles. The van der Waals surface area contributed by atoms with Crippen LogP contribution in [0.3, 0.4) is 0 Å². The van der Waals surface area contributed by atoms with Crippen molar-refractivity contribution >= 4 is 28.8 Å². The van der Waals surface area contributed by atoms with Gasteiger partial charge in [0, 0.05) is 37.2 Å². The van der Waals surface area contributed by atoms with Crippen molar-refractivity contribution in [3.8, 4) is 5.75 Å². The quantitative estimate of drug-likeness (QED) is 0.809. The number of likely N-dealkylation sites (N-methyl/N-ethyl adjacent to an activating group) is 1. The van der Waals surface area contributed by atoms with Gasteiger partial charge in [0.2, 0.25) is 11.8 Å². The van der Waals surface area contributed by atoms with Crippen molar-refractivity contribution in [2.45, 2.75) is 19.3 Å². The van der Waals surface area contributed by atoms with Gasteiger partial charge >= 0.3 is 5.97 Å². The molecule has 1 aliphatic heterocycles. The molecule has 8 nitrogen and oxygen atoms in total. The van der Waals surface area contributed by atoms with Crippen LogP contribution in [0.2, 0.25) is 0 Å². The van der Waals surface area contributed by atoms with E-state index in [4.69, 9.17) is 14.3 Å². The van der Waals surface area contributed by atoms with E-state index in [1.807, 2.05) is 6.07 Å². The van der Waals surface area contributed by atoms with Gasteiger partial charge in [-0.05, 0) is 25.0 Å². The molecule has 2 aromatic rings. The molecule has 1 unspecified atom stereocenters. The number of nitrogens with zero attached hydrogens (tertiary/aromatic N) is 2. The summed E-state index contributed by atoms with van der Waals surface area (Å²) in [6.45, 7) is 0.651. The Labute approximate surface area is 162 Å². The van der Waals surface area contributed by atoms with Crippen molar-refractivity contribution in [2.75, 3.05) is 33.8 Å². The Morgan fingerprint density at radius 1 is 1.36 bits per heavy atom. The number of amides is 2. The Balaban J connectivity index is 1.60. The number of hydrogen-bond acceptors (Lipinski definition) is 5. The molecule has 1 saturated heterocycles. The van der Waals surface area contributed by atoms with Crippen molar-refractivity contribution in [1.82, 2.24) is 9.80 Å². The molecule has 1 atom stereocenters. The topological polar surface area (TPSA) is 100 Å². The van der Waals surface area contributed by atoms with E-state index < -0.39 is 11.9 Å². The third kappa shape index (κ3) is 4.27. The normalized spacial score (nSPS) is 16.8. The smallest absolute Gasteiger partial charge is 0.308 e. The number of carbonyl (C=O) groups excluding carboxylic acids is 2. The molecule has 0 spiro atoms. The minimum atomic E-state index is -0.884. The molecule has 0 bridgehead atoms. The van der Waals surface area contributed by atoms with Crippen molar-refractivity contribution in [2.24, 2.45) is 5.92 Å². The fourth-order valence-electron chi connectivity index (χ4n) is 3.42. The fraction of sp³-hybridized carbons (Fsp3) is 0.450. The highest BCUT2D eigenvalue weighted by molar-refractivity contribution is 5.90. The van der Waals surface area contributed by atoms with E-state index in [0.717, 1.165) is 10.9 Å². The SMILES string of the molecule is COc1ccc2c(CC(=O)N(C)CC(=O)N3CCCC(C(=O)O)C3)coc2c1. The summed E-state index contributed by atoms with van der Waals surface area (Å²) in [5.74, 6) is -1.19. The number of carboxylic acids is 1. The Hall–Kier alpha value is -3.03. The highest BCUT2D eigenvalue weighted by Gasteiger charge is 2.29. The summed E-state index contributed by atoms with van der Waals surface area (Å²) in [6.07, 6.45) is 2.89. The van der Waals surface area contributed by atoms with E-state index in [2.05, 4.69) is 0 Å². The lowest BCUT2D eigenvalue weighted by Gasteiger charge is -2.32. The number of rotatable bonds is 6. The average molecular weight is 388 g/mol. The van der Waals surface area contributed by atoms with Gasteiger partial charge in [-0.3, -0.25) is 14.4 Å². The van der Waals surface area contributed by atoms with Gasteiger partial charge in [0.15, 0.2) is 0 Å². The molecular weight excluding hydrogens is 364 g/mol. The molecule has 1 aromatic carbocycles. The Morgan fingerprint density at radius 3 is 2.86 bits per heavy atom. The van der Waals surface area contributed by atoms with Crippen LogP contribution in [0.1, 0.15) is 18.4 Å². The van der Waals surface area contributed by atoms with Crippen molar-refractivity contribution in [1.29, 1.82) is 0 Å². The minimum absolute atomic E-state index is 0.0746. The standard InChI is InChI=1S/C20H24N2O6/c1-21(11-19(24)22-7-3-4-13(10-22)20(25)26)18(23)8-14-12-28-17-9-15(27-2)5-6-16(14)17/h5-6,9,12-13H,3-4,7-8,10-11H2,1-2H3,(H,25,26). The lowest BCUT2D eigenvalue weighted by molar-refractivity contribution is -0.147. The number of aliphatic carboxylic acids is 1. The molecule has 28 heavy (non-hydrogen) atoms. The molecule has 1 aliphatic rings. The first-order chi connectivity index (χ1) is 13.4. The molecular formula is C20H24N2O6. The molecule has 3 rings (SSSR count). The van der Waals surface area contributed by atoms with Crippen LogP contribution in [0, 0.1) is 5.92 Å². The summed E-state index contributed by atoms with van der Waals surface area (Å²) >= 11 is 0. The number of piperidine rings is 1. The van der Waals surface area contributed by atoms with Crippen LogP contribution in [0.15, 0.2) is 28.9 Å². The van der Waals surface area contributed by atoms with Crippen LogP contribution in [0.4, 0.5) is 0 Å². The number of carbonyl (C=O) groups is 3. The van der Waals surface area contributed by atoms with Gasteiger partial charge < -0.3 is 24.1 Å².